The van der Waals surface area contributed by atoms with Gasteiger partial charge in [0.15, 0.2) is 0 Å². The predicted octanol–water partition coefficient (Wildman–Crippen LogP) is 2.76. The summed E-state index contributed by atoms with van der Waals surface area (Å²) in [7, 11) is 0. The van der Waals surface area contributed by atoms with Crippen LogP contribution in [0.3, 0.4) is 0 Å². The number of hydrogen-bond donors (Lipinski definition) is 1. The maximum atomic E-state index is 12.5. The lowest BCUT2D eigenvalue weighted by Crippen LogP contribution is -2.41. The average Bonchev–Trinajstić information content (AvgIpc) is 3.18. The molecule has 25 heavy (non-hydrogen) atoms. The second kappa shape index (κ2) is 7.03. The number of likely N-dealkylation sites (tertiary alicyclic amines) is 1. The molecule has 0 saturated carbocycles. The van der Waals surface area contributed by atoms with Gasteiger partial charge >= 0.3 is 0 Å². The lowest BCUT2D eigenvalue weighted by atomic mass is 9.97. The fourth-order valence-corrected chi connectivity index (χ4v) is 4.49. The van der Waals surface area contributed by atoms with Gasteiger partial charge in [0, 0.05) is 25.4 Å². The number of rotatable bonds is 4. The van der Waals surface area contributed by atoms with Crippen LogP contribution in [0.4, 0.5) is 0 Å². The number of hydrogen-bond acceptors (Lipinski definition) is 2. The summed E-state index contributed by atoms with van der Waals surface area (Å²) in [5.74, 6) is 0.252. The van der Waals surface area contributed by atoms with E-state index in [0.29, 0.717) is 19.4 Å². The lowest BCUT2D eigenvalue weighted by Gasteiger charge is -2.24. The number of amides is 2. The highest BCUT2D eigenvalue weighted by Gasteiger charge is 2.37. The van der Waals surface area contributed by atoms with Gasteiger partial charge in [-0.3, -0.25) is 9.59 Å². The van der Waals surface area contributed by atoms with Crippen LogP contribution in [-0.4, -0.2) is 35.3 Å². The van der Waals surface area contributed by atoms with E-state index in [1.54, 1.807) is 0 Å². The molecule has 0 unspecified atom stereocenters. The van der Waals surface area contributed by atoms with E-state index >= 15 is 0 Å². The highest BCUT2D eigenvalue weighted by molar-refractivity contribution is 5.83. The number of nitrogens with one attached hydrogen (secondary N) is 1. The van der Waals surface area contributed by atoms with Crippen LogP contribution in [0.2, 0.25) is 0 Å². The van der Waals surface area contributed by atoms with Crippen molar-refractivity contribution in [2.45, 2.75) is 63.5 Å². The molecule has 1 aromatic rings. The molecule has 1 atom stereocenters. The van der Waals surface area contributed by atoms with Crippen LogP contribution in [0.15, 0.2) is 35.9 Å². The van der Waals surface area contributed by atoms with E-state index in [-0.39, 0.29) is 23.9 Å². The molecule has 1 N–H and O–H groups in total. The van der Waals surface area contributed by atoms with E-state index in [0.717, 1.165) is 25.7 Å². The second-order valence-corrected chi connectivity index (χ2v) is 7.63. The van der Waals surface area contributed by atoms with Crippen LogP contribution < -0.4 is 5.32 Å². The molecule has 4 heteroatoms. The van der Waals surface area contributed by atoms with Gasteiger partial charge in [-0.1, -0.05) is 35.9 Å². The number of allylic oxidation sites excluding steroid dienone is 1. The van der Waals surface area contributed by atoms with E-state index in [9.17, 15) is 9.59 Å². The third kappa shape index (κ3) is 3.63. The molecule has 4 nitrogen and oxygen atoms in total. The van der Waals surface area contributed by atoms with Crippen molar-refractivity contribution in [3.05, 3.63) is 47.0 Å². The molecular weight excluding hydrogens is 312 g/mol. The highest BCUT2D eigenvalue weighted by atomic mass is 16.2. The van der Waals surface area contributed by atoms with Crippen molar-refractivity contribution in [2.75, 3.05) is 6.54 Å². The van der Waals surface area contributed by atoms with Crippen molar-refractivity contribution in [3.63, 3.8) is 0 Å². The van der Waals surface area contributed by atoms with Crippen LogP contribution >= 0.6 is 0 Å². The van der Waals surface area contributed by atoms with Gasteiger partial charge in [0.05, 0.1) is 6.04 Å². The van der Waals surface area contributed by atoms with Gasteiger partial charge in [-0.25, -0.2) is 0 Å². The van der Waals surface area contributed by atoms with Gasteiger partial charge in [0.25, 0.3) is 0 Å². The number of carbonyl (C=O) groups excluding carboxylic acids is 2. The Kier molecular flexibility index (Phi) is 4.60. The summed E-state index contributed by atoms with van der Waals surface area (Å²) < 4.78 is 0. The number of benzene rings is 1. The van der Waals surface area contributed by atoms with E-state index in [1.165, 1.54) is 29.5 Å². The van der Waals surface area contributed by atoms with Gasteiger partial charge in [0.2, 0.25) is 11.8 Å². The minimum absolute atomic E-state index is 0.0343. The fourth-order valence-electron chi connectivity index (χ4n) is 4.49. The highest BCUT2D eigenvalue weighted by Crippen LogP contribution is 2.28. The first-order chi connectivity index (χ1) is 12.2. The summed E-state index contributed by atoms with van der Waals surface area (Å²) in [5, 5.41) is 3.09. The van der Waals surface area contributed by atoms with Gasteiger partial charge < -0.3 is 10.2 Å². The molecule has 132 valence electrons. The molecule has 0 spiro atoms. The third-order valence-electron chi connectivity index (χ3n) is 5.77. The molecule has 1 fully saturated rings. The van der Waals surface area contributed by atoms with Crippen LogP contribution in [0, 0.1) is 0 Å². The average molecular weight is 338 g/mol. The third-order valence-corrected chi connectivity index (χ3v) is 5.77. The molecule has 1 heterocycles. The van der Waals surface area contributed by atoms with Gasteiger partial charge in [0.1, 0.15) is 0 Å². The Labute approximate surface area is 149 Å². The zero-order valence-electron chi connectivity index (χ0n) is 14.7. The maximum Gasteiger partial charge on any atom is 0.225 e. The summed E-state index contributed by atoms with van der Waals surface area (Å²) >= 11 is 0. The first-order valence-electron chi connectivity index (χ1n) is 9.52. The zero-order chi connectivity index (χ0) is 17.2. The van der Waals surface area contributed by atoms with Crippen molar-refractivity contribution in [1.29, 1.82) is 0 Å². The van der Waals surface area contributed by atoms with Gasteiger partial charge in [-0.05, 0) is 49.7 Å². The minimum Gasteiger partial charge on any atom is -0.351 e. The summed E-state index contributed by atoms with van der Waals surface area (Å²) in [6.07, 6.45) is 9.61. The molecular formula is C21H26N2O2. The molecule has 1 aliphatic heterocycles. The van der Waals surface area contributed by atoms with Gasteiger partial charge in [-0.2, -0.15) is 0 Å². The smallest absolute Gasteiger partial charge is 0.225 e. The van der Waals surface area contributed by atoms with Crippen LogP contribution in [0.1, 0.15) is 49.7 Å². The zero-order valence-corrected chi connectivity index (χ0v) is 14.7. The summed E-state index contributed by atoms with van der Waals surface area (Å²) in [6.45, 7) is 0.655. The topological polar surface area (TPSA) is 49.4 Å². The first-order valence-corrected chi connectivity index (χ1v) is 9.52. The lowest BCUT2D eigenvalue weighted by molar-refractivity contribution is -0.129. The van der Waals surface area contributed by atoms with Crippen molar-refractivity contribution in [1.82, 2.24) is 10.2 Å². The van der Waals surface area contributed by atoms with E-state index in [2.05, 4.69) is 35.7 Å². The molecule has 0 aromatic heterocycles. The van der Waals surface area contributed by atoms with Gasteiger partial charge in [-0.15, -0.1) is 0 Å². The van der Waals surface area contributed by atoms with Crippen molar-refractivity contribution >= 4 is 11.8 Å². The molecule has 0 radical (unpaired) electrons. The van der Waals surface area contributed by atoms with Crippen molar-refractivity contribution < 1.29 is 9.59 Å². The molecule has 4 rings (SSSR count). The minimum atomic E-state index is -0.0343. The SMILES string of the molecule is O=C(CC1=CCCCC1)N[C@H]1CC(=O)N(C2Cc3ccccc3C2)C1. The fraction of sp³-hybridized carbons (Fsp3) is 0.524. The predicted molar refractivity (Wildman–Crippen MR) is 97.1 cm³/mol. The molecule has 2 aliphatic carbocycles. The Hall–Kier alpha value is -2.10. The summed E-state index contributed by atoms with van der Waals surface area (Å²) in [6, 6.07) is 8.67. The molecule has 0 bridgehead atoms. The second-order valence-electron chi connectivity index (χ2n) is 7.63. The molecule has 3 aliphatic rings. The Bertz CT molecular complexity index is 685. The summed E-state index contributed by atoms with van der Waals surface area (Å²) in [4.78, 5) is 26.7. The Morgan fingerprint density at radius 2 is 1.88 bits per heavy atom. The summed E-state index contributed by atoms with van der Waals surface area (Å²) in [5.41, 5.74) is 3.98. The van der Waals surface area contributed by atoms with E-state index in [4.69, 9.17) is 0 Å². The Morgan fingerprint density at radius 3 is 2.56 bits per heavy atom. The quantitative estimate of drug-likeness (QED) is 0.858. The normalized spacial score (nSPS) is 23.5. The number of carbonyl (C=O) groups is 2. The molecule has 1 aromatic carbocycles. The standard InChI is InChI=1S/C21H26N2O2/c24-20(10-15-6-2-1-3-7-15)22-18-13-21(25)23(14-18)19-11-16-8-4-5-9-17(16)12-19/h4-6,8-9,18-19H,1-3,7,10-14H2,(H,22,24)/t18-/m0/s1. The van der Waals surface area contributed by atoms with Crippen molar-refractivity contribution in [2.24, 2.45) is 0 Å². The van der Waals surface area contributed by atoms with E-state index < -0.39 is 0 Å². The molecule has 2 amide bonds. The Balaban J connectivity index is 1.32. The number of nitrogens with zero attached hydrogens (tertiary/aromatic N) is 1. The van der Waals surface area contributed by atoms with E-state index in [1.807, 2.05) is 4.90 Å². The molecule has 1 saturated heterocycles. The van der Waals surface area contributed by atoms with Crippen molar-refractivity contribution in [3.8, 4) is 0 Å². The largest absolute Gasteiger partial charge is 0.351 e. The first kappa shape index (κ1) is 16.4. The maximum absolute atomic E-state index is 12.5. The number of fused-ring (bicyclic) bond motifs is 1. The van der Waals surface area contributed by atoms with Crippen LogP contribution in [0.5, 0.6) is 0 Å². The van der Waals surface area contributed by atoms with Crippen LogP contribution in [-0.2, 0) is 22.4 Å². The van der Waals surface area contributed by atoms with Crippen LogP contribution in [0.25, 0.3) is 0 Å². The monoisotopic (exact) mass is 338 g/mol. The Morgan fingerprint density at radius 1 is 1.12 bits per heavy atom.